The van der Waals surface area contributed by atoms with Crippen LogP contribution >= 0.6 is 0 Å². The van der Waals surface area contributed by atoms with Crippen molar-refractivity contribution in [1.29, 1.82) is 0 Å². The topological polar surface area (TPSA) is 111 Å². The van der Waals surface area contributed by atoms with Crippen LogP contribution in [0.4, 0.5) is 15.0 Å². The molecule has 276 valence electrons. The summed E-state index contributed by atoms with van der Waals surface area (Å²) < 4.78 is 37.5. The Kier molecular flexibility index (Phi) is 8.29. The average molecular weight is 713 g/mol. The molecule has 3 unspecified atom stereocenters. The smallest absolute Gasteiger partial charge is 0.410 e. The van der Waals surface area contributed by atoms with Gasteiger partial charge in [-0.3, -0.25) is 14.8 Å². The van der Waals surface area contributed by atoms with E-state index in [1.54, 1.807) is 12.4 Å². The normalized spacial score (nSPS) is 24.6. The number of fused-ring (bicyclic) bond motifs is 5. The Balaban J connectivity index is 1.11. The Morgan fingerprint density at radius 2 is 1.77 bits per heavy atom. The molecule has 3 atom stereocenters. The van der Waals surface area contributed by atoms with Gasteiger partial charge >= 0.3 is 12.1 Å². The minimum atomic E-state index is -0.581. The lowest BCUT2D eigenvalue weighted by Gasteiger charge is -2.42. The molecule has 0 spiro atoms. The van der Waals surface area contributed by atoms with E-state index in [1.165, 1.54) is 0 Å². The third-order valence-electron chi connectivity index (χ3n) is 11.9. The van der Waals surface area contributed by atoms with E-state index < -0.39 is 11.4 Å². The van der Waals surface area contributed by atoms with Crippen LogP contribution in [0.3, 0.4) is 0 Å². The van der Waals surface area contributed by atoms with Crippen molar-refractivity contribution in [3.63, 3.8) is 0 Å². The molecule has 0 aliphatic carbocycles. The number of carbonyl (C=O) groups excluding carboxylic acids is 1. The van der Waals surface area contributed by atoms with E-state index in [2.05, 4.69) is 15.9 Å². The van der Waals surface area contributed by atoms with Crippen LogP contribution in [0.5, 0.6) is 6.01 Å². The number of anilines is 1. The minimum absolute atomic E-state index is 0.0199. The quantitative estimate of drug-likeness (QED) is 0.212. The van der Waals surface area contributed by atoms with E-state index in [1.807, 2.05) is 43.3 Å². The molecule has 1 amide bonds. The Hall–Kier alpha value is -4.10. The van der Waals surface area contributed by atoms with Crippen LogP contribution in [0.15, 0.2) is 24.5 Å². The molecule has 5 fully saturated rings. The molecular weight excluding hydrogens is 663 g/mol. The Morgan fingerprint density at radius 3 is 2.48 bits per heavy atom. The first-order valence-corrected chi connectivity index (χ1v) is 19.2. The molecule has 0 N–H and O–H groups in total. The number of aromatic nitrogens is 5. The third-order valence-corrected chi connectivity index (χ3v) is 11.9. The fourth-order valence-electron chi connectivity index (χ4n) is 9.49. The summed E-state index contributed by atoms with van der Waals surface area (Å²) in [5.41, 5.74) is 2.32. The standard InChI is InChI=1S/C39H49FN8O4/c1-24-17-27(28-20-42-48(30(28)18-24)31-9-5-6-16-50-31)33-32(40)34-29(19-41-33)35(44-36(43-34)51-23-39-12-7-14-46(39)15-8-13-39)45-21-25-10-11-26(22-45)47(25)37(49)52-38(2,3)4/h17-20,25-26,31H,5-16,21-23H2,1-4H3. The van der Waals surface area contributed by atoms with Gasteiger partial charge in [0.15, 0.2) is 12.0 Å². The first-order valence-electron chi connectivity index (χ1n) is 19.2. The number of amides is 1. The van der Waals surface area contributed by atoms with Gasteiger partial charge in [0.2, 0.25) is 0 Å². The van der Waals surface area contributed by atoms with Crippen molar-refractivity contribution >= 4 is 33.7 Å². The second kappa shape index (κ2) is 12.8. The maximum absolute atomic E-state index is 17.2. The van der Waals surface area contributed by atoms with Gasteiger partial charge in [-0.1, -0.05) is 0 Å². The monoisotopic (exact) mass is 712 g/mol. The molecule has 2 bridgehead atoms. The Labute approximate surface area is 303 Å². The van der Waals surface area contributed by atoms with Gasteiger partial charge in [-0.05, 0) is 116 Å². The predicted molar refractivity (Wildman–Crippen MR) is 195 cm³/mol. The molecule has 8 heterocycles. The van der Waals surface area contributed by atoms with Crippen molar-refractivity contribution < 1.29 is 23.4 Å². The summed E-state index contributed by atoms with van der Waals surface area (Å²) in [7, 11) is 0. The zero-order chi connectivity index (χ0) is 35.8. The SMILES string of the molecule is Cc1cc(-c2ncc3c(N4CC5CCC(C4)N5C(=O)OC(C)(C)C)nc(OCC45CCCN4CCC5)nc3c2F)c2cnn(C3CCCCO3)c2c1. The third kappa shape index (κ3) is 5.84. The van der Waals surface area contributed by atoms with Crippen LogP contribution in [0.1, 0.15) is 90.3 Å². The van der Waals surface area contributed by atoms with E-state index in [9.17, 15) is 4.79 Å². The number of ether oxygens (including phenoxy) is 3. The van der Waals surface area contributed by atoms with Crippen molar-refractivity contribution in [2.45, 2.75) is 115 Å². The number of pyridine rings is 1. The highest BCUT2D eigenvalue weighted by atomic mass is 19.1. The summed E-state index contributed by atoms with van der Waals surface area (Å²) in [6.07, 6.45) is 12.3. The van der Waals surface area contributed by atoms with Crippen molar-refractivity contribution in [2.24, 2.45) is 0 Å². The number of nitrogens with zero attached hydrogens (tertiary/aromatic N) is 8. The fourth-order valence-corrected chi connectivity index (χ4v) is 9.49. The highest BCUT2D eigenvalue weighted by molar-refractivity contribution is 5.98. The van der Waals surface area contributed by atoms with E-state index in [0.29, 0.717) is 43.1 Å². The Morgan fingerprint density at radius 1 is 1.00 bits per heavy atom. The molecule has 5 aliphatic rings. The van der Waals surface area contributed by atoms with Crippen LogP contribution < -0.4 is 9.64 Å². The van der Waals surface area contributed by atoms with Crippen LogP contribution in [-0.4, -0.2) is 103 Å². The lowest BCUT2D eigenvalue weighted by molar-refractivity contribution is -0.0366. The molecule has 3 aromatic heterocycles. The van der Waals surface area contributed by atoms with Gasteiger partial charge < -0.3 is 19.1 Å². The van der Waals surface area contributed by atoms with Crippen LogP contribution in [0.2, 0.25) is 0 Å². The van der Waals surface area contributed by atoms with Gasteiger partial charge in [-0.15, -0.1) is 0 Å². The number of halogens is 1. The molecule has 0 saturated carbocycles. The largest absolute Gasteiger partial charge is 0.461 e. The molecular formula is C39H49FN8O4. The predicted octanol–water partition coefficient (Wildman–Crippen LogP) is 6.78. The highest BCUT2D eigenvalue weighted by Crippen LogP contribution is 2.42. The first-order chi connectivity index (χ1) is 25.1. The van der Waals surface area contributed by atoms with Crippen molar-refractivity contribution in [2.75, 3.05) is 44.3 Å². The van der Waals surface area contributed by atoms with Gasteiger partial charge in [0.1, 0.15) is 29.2 Å². The molecule has 12 nitrogen and oxygen atoms in total. The molecule has 5 aliphatic heterocycles. The summed E-state index contributed by atoms with van der Waals surface area (Å²) in [5.74, 6) is 0.0685. The number of hydrogen-bond acceptors (Lipinski definition) is 10. The van der Waals surface area contributed by atoms with Gasteiger partial charge in [0.05, 0.1) is 34.7 Å². The second-order valence-corrected chi connectivity index (χ2v) is 16.6. The highest BCUT2D eigenvalue weighted by Gasteiger charge is 2.46. The first kappa shape index (κ1) is 33.7. The summed E-state index contributed by atoms with van der Waals surface area (Å²) in [4.78, 5) is 34.4. The van der Waals surface area contributed by atoms with E-state index in [4.69, 9.17) is 34.3 Å². The summed E-state index contributed by atoms with van der Waals surface area (Å²) in [5, 5.41) is 6.06. The number of hydrogen-bond donors (Lipinski definition) is 0. The van der Waals surface area contributed by atoms with E-state index >= 15 is 4.39 Å². The maximum Gasteiger partial charge on any atom is 0.410 e. The lowest BCUT2D eigenvalue weighted by atomic mass is 9.95. The maximum atomic E-state index is 17.2. The summed E-state index contributed by atoms with van der Waals surface area (Å²) >= 11 is 0. The van der Waals surface area contributed by atoms with Crippen LogP contribution in [-0.2, 0) is 9.47 Å². The van der Waals surface area contributed by atoms with Gasteiger partial charge in [0, 0.05) is 36.8 Å². The zero-order valence-corrected chi connectivity index (χ0v) is 30.7. The Bertz CT molecular complexity index is 2000. The van der Waals surface area contributed by atoms with E-state index in [-0.39, 0.29) is 47.2 Å². The van der Waals surface area contributed by atoms with Crippen molar-refractivity contribution in [3.05, 3.63) is 35.9 Å². The van der Waals surface area contributed by atoms with Crippen LogP contribution in [0, 0.1) is 12.7 Å². The molecule has 0 radical (unpaired) electrons. The van der Waals surface area contributed by atoms with Crippen molar-refractivity contribution in [1.82, 2.24) is 34.5 Å². The summed E-state index contributed by atoms with van der Waals surface area (Å²) in [6.45, 7) is 12.1. The van der Waals surface area contributed by atoms with Gasteiger partial charge in [0.25, 0.3) is 0 Å². The zero-order valence-electron chi connectivity index (χ0n) is 30.7. The number of carbonyl (C=O) groups is 1. The molecule has 4 aromatic rings. The number of aryl methyl sites for hydroxylation is 1. The van der Waals surface area contributed by atoms with Crippen LogP contribution in [0.25, 0.3) is 33.1 Å². The van der Waals surface area contributed by atoms with Crippen molar-refractivity contribution in [3.8, 4) is 17.3 Å². The molecule has 9 rings (SSSR count). The van der Waals surface area contributed by atoms with E-state index in [0.717, 1.165) is 87.3 Å². The van der Waals surface area contributed by atoms with Gasteiger partial charge in [-0.25, -0.2) is 13.9 Å². The number of benzene rings is 1. The molecule has 52 heavy (non-hydrogen) atoms. The average Bonchev–Trinajstić information content (AvgIpc) is 3.88. The van der Waals surface area contributed by atoms with Gasteiger partial charge in [-0.2, -0.15) is 15.1 Å². The second-order valence-electron chi connectivity index (χ2n) is 16.6. The number of rotatable bonds is 6. The lowest BCUT2D eigenvalue weighted by Crippen LogP contribution is -2.57. The fraction of sp³-hybridized carbons (Fsp3) is 0.615. The summed E-state index contributed by atoms with van der Waals surface area (Å²) in [6, 6.07) is 4.12. The molecule has 5 saturated heterocycles. The molecule has 13 heteroatoms. The molecule has 1 aromatic carbocycles. The minimum Gasteiger partial charge on any atom is -0.461 e. The number of piperazine rings is 1.